The molecule has 0 aliphatic carbocycles. The average Bonchev–Trinajstić information content (AvgIpc) is 3.19. The van der Waals surface area contributed by atoms with Crippen molar-refractivity contribution in [3.05, 3.63) is 82.0 Å². The largest absolute Gasteiger partial charge is 0.324 e. The predicted octanol–water partition coefficient (Wildman–Crippen LogP) is 5.78. The number of halogens is 2. The van der Waals surface area contributed by atoms with Gasteiger partial charge in [0.2, 0.25) is 5.91 Å². The van der Waals surface area contributed by atoms with E-state index in [2.05, 4.69) is 36.4 Å². The summed E-state index contributed by atoms with van der Waals surface area (Å²) in [5.41, 5.74) is 3.51. The fraction of sp³-hybridized carbons (Fsp3) is 0.0909. The molecule has 2 aromatic carbocycles. The number of pyridine rings is 1. The molecule has 9 heteroatoms. The van der Waals surface area contributed by atoms with Gasteiger partial charge in [0.15, 0.2) is 11.0 Å². The van der Waals surface area contributed by atoms with Crippen molar-refractivity contribution in [2.24, 2.45) is 0 Å². The van der Waals surface area contributed by atoms with Gasteiger partial charge in [0.05, 0.1) is 11.4 Å². The van der Waals surface area contributed by atoms with E-state index in [1.807, 2.05) is 54.0 Å². The Labute approximate surface area is 197 Å². The number of thioether (sulfide) groups is 1. The van der Waals surface area contributed by atoms with Crippen molar-refractivity contribution in [2.75, 3.05) is 11.1 Å². The summed E-state index contributed by atoms with van der Waals surface area (Å²) < 4.78 is 2.74. The molecule has 0 aliphatic heterocycles. The maximum atomic E-state index is 12.6. The summed E-state index contributed by atoms with van der Waals surface area (Å²) in [6.45, 7) is 2.00. The Bertz CT molecular complexity index is 1210. The number of carbonyl (C=O) groups excluding carboxylic acids is 1. The second-order valence-corrected chi connectivity index (χ2v) is 8.91. The van der Waals surface area contributed by atoms with Gasteiger partial charge in [-0.15, -0.1) is 10.2 Å². The molecule has 1 N–H and O–H groups in total. The summed E-state index contributed by atoms with van der Waals surface area (Å²) in [5, 5.41) is 12.8. The highest BCUT2D eigenvalue weighted by molar-refractivity contribution is 9.10. The van der Waals surface area contributed by atoms with E-state index >= 15 is 0 Å². The van der Waals surface area contributed by atoms with Gasteiger partial charge >= 0.3 is 0 Å². The zero-order valence-corrected chi connectivity index (χ0v) is 19.6. The third-order valence-corrected chi connectivity index (χ3v) is 6.21. The van der Waals surface area contributed by atoms with E-state index in [1.54, 1.807) is 24.5 Å². The van der Waals surface area contributed by atoms with Crippen molar-refractivity contribution in [3.63, 3.8) is 0 Å². The zero-order valence-electron chi connectivity index (χ0n) is 16.4. The first-order valence-electron chi connectivity index (χ1n) is 9.32. The highest BCUT2D eigenvalue weighted by atomic mass is 79.9. The van der Waals surface area contributed by atoms with Crippen LogP contribution in [0.15, 0.2) is 76.6 Å². The quantitative estimate of drug-likeness (QED) is 0.330. The van der Waals surface area contributed by atoms with Gasteiger partial charge in [-0.3, -0.25) is 14.3 Å². The molecule has 0 aliphatic rings. The lowest BCUT2D eigenvalue weighted by Gasteiger charge is -2.11. The van der Waals surface area contributed by atoms with Crippen LogP contribution < -0.4 is 5.32 Å². The molecule has 0 bridgehead atoms. The average molecular weight is 515 g/mol. The number of aromatic nitrogens is 4. The van der Waals surface area contributed by atoms with Crippen molar-refractivity contribution in [1.29, 1.82) is 0 Å². The third kappa shape index (κ3) is 5.15. The molecule has 31 heavy (non-hydrogen) atoms. The summed E-state index contributed by atoms with van der Waals surface area (Å²) in [6.07, 6.45) is 3.43. The van der Waals surface area contributed by atoms with Crippen molar-refractivity contribution in [1.82, 2.24) is 19.7 Å². The number of benzene rings is 2. The van der Waals surface area contributed by atoms with Crippen LogP contribution in [0.25, 0.3) is 17.1 Å². The molecule has 0 unspecified atom stereocenters. The van der Waals surface area contributed by atoms with Gasteiger partial charge in [-0.2, -0.15) is 0 Å². The van der Waals surface area contributed by atoms with E-state index in [9.17, 15) is 4.79 Å². The van der Waals surface area contributed by atoms with Crippen molar-refractivity contribution >= 4 is 50.9 Å². The minimum absolute atomic E-state index is 0.136. The SMILES string of the molecule is Cc1ccc(NC(=O)CSc2nnc(-c3cccnc3)n2-c2ccc(Cl)cc2)c(Br)c1. The molecule has 4 aromatic rings. The van der Waals surface area contributed by atoms with Crippen LogP contribution in [0.3, 0.4) is 0 Å². The van der Waals surface area contributed by atoms with E-state index in [0.29, 0.717) is 16.0 Å². The van der Waals surface area contributed by atoms with Gasteiger partial charge in [-0.25, -0.2) is 0 Å². The lowest BCUT2D eigenvalue weighted by atomic mass is 10.2. The number of nitrogens with one attached hydrogen (secondary N) is 1. The number of aryl methyl sites for hydroxylation is 1. The van der Waals surface area contributed by atoms with Gasteiger partial charge in [0, 0.05) is 33.1 Å². The molecule has 0 saturated heterocycles. The van der Waals surface area contributed by atoms with Crippen LogP contribution in [0.1, 0.15) is 5.56 Å². The summed E-state index contributed by atoms with van der Waals surface area (Å²) >= 11 is 10.9. The predicted molar refractivity (Wildman–Crippen MR) is 128 cm³/mol. The standard InChI is InChI=1S/C22H17BrClN5OS/c1-14-4-9-19(18(23)11-14)26-20(30)13-31-22-28-27-21(15-3-2-10-25-12-15)29(22)17-7-5-16(24)6-8-17/h2-12H,13H2,1H3,(H,26,30). The van der Waals surface area contributed by atoms with Gasteiger partial charge in [-0.1, -0.05) is 29.4 Å². The van der Waals surface area contributed by atoms with E-state index < -0.39 is 0 Å². The molecule has 0 radical (unpaired) electrons. The molecule has 0 fully saturated rings. The molecule has 2 aromatic heterocycles. The topological polar surface area (TPSA) is 72.7 Å². The number of hydrogen-bond donors (Lipinski definition) is 1. The van der Waals surface area contributed by atoms with Crippen LogP contribution >= 0.6 is 39.3 Å². The maximum absolute atomic E-state index is 12.6. The lowest BCUT2D eigenvalue weighted by Crippen LogP contribution is -2.15. The zero-order chi connectivity index (χ0) is 21.8. The van der Waals surface area contributed by atoms with E-state index in [1.165, 1.54) is 11.8 Å². The molecular formula is C22H17BrClN5OS. The minimum atomic E-state index is -0.136. The van der Waals surface area contributed by atoms with Gasteiger partial charge in [-0.05, 0) is 76.9 Å². The molecule has 156 valence electrons. The number of anilines is 1. The Hall–Kier alpha value is -2.68. The molecule has 0 spiro atoms. The number of nitrogens with zero attached hydrogens (tertiary/aromatic N) is 4. The van der Waals surface area contributed by atoms with Crippen LogP contribution in [0.2, 0.25) is 5.02 Å². The summed E-state index contributed by atoms with van der Waals surface area (Å²) in [5.74, 6) is 0.682. The second-order valence-electron chi connectivity index (χ2n) is 6.68. The highest BCUT2D eigenvalue weighted by Gasteiger charge is 2.18. The van der Waals surface area contributed by atoms with Gasteiger partial charge < -0.3 is 5.32 Å². The van der Waals surface area contributed by atoms with Crippen molar-refractivity contribution in [3.8, 4) is 17.1 Å². The Morgan fingerprint density at radius 3 is 2.68 bits per heavy atom. The van der Waals surface area contributed by atoms with Gasteiger partial charge in [0.1, 0.15) is 0 Å². The summed E-state index contributed by atoms with van der Waals surface area (Å²) in [6, 6.07) is 16.9. The number of carbonyl (C=O) groups is 1. The monoisotopic (exact) mass is 513 g/mol. The van der Waals surface area contributed by atoms with Crippen LogP contribution in [-0.4, -0.2) is 31.4 Å². The second kappa shape index (κ2) is 9.64. The van der Waals surface area contributed by atoms with Crippen LogP contribution in [-0.2, 0) is 4.79 Å². The highest BCUT2D eigenvalue weighted by Crippen LogP contribution is 2.29. The van der Waals surface area contributed by atoms with Crippen LogP contribution in [0.4, 0.5) is 5.69 Å². The summed E-state index contributed by atoms with van der Waals surface area (Å²) in [7, 11) is 0. The third-order valence-electron chi connectivity index (χ3n) is 4.37. The van der Waals surface area contributed by atoms with E-state index in [0.717, 1.165) is 27.0 Å². The normalized spacial score (nSPS) is 10.8. The maximum Gasteiger partial charge on any atom is 0.234 e. The molecule has 1 amide bonds. The first kappa shape index (κ1) is 21.5. The summed E-state index contributed by atoms with van der Waals surface area (Å²) in [4.78, 5) is 16.7. The smallest absolute Gasteiger partial charge is 0.234 e. The first-order valence-corrected chi connectivity index (χ1v) is 11.5. The Morgan fingerprint density at radius 2 is 1.97 bits per heavy atom. The number of amides is 1. The van der Waals surface area contributed by atoms with Gasteiger partial charge in [0.25, 0.3) is 0 Å². The molecule has 0 atom stereocenters. The van der Waals surface area contributed by atoms with E-state index in [4.69, 9.17) is 11.6 Å². The molecular weight excluding hydrogens is 498 g/mol. The lowest BCUT2D eigenvalue weighted by molar-refractivity contribution is -0.113. The minimum Gasteiger partial charge on any atom is -0.324 e. The van der Waals surface area contributed by atoms with E-state index in [-0.39, 0.29) is 11.7 Å². The van der Waals surface area contributed by atoms with Crippen LogP contribution in [0, 0.1) is 6.92 Å². The Kier molecular flexibility index (Phi) is 6.70. The molecule has 6 nitrogen and oxygen atoms in total. The molecule has 4 rings (SSSR count). The van der Waals surface area contributed by atoms with Crippen molar-refractivity contribution in [2.45, 2.75) is 12.1 Å². The fourth-order valence-corrected chi connectivity index (χ4v) is 4.38. The molecule has 0 saturated carbocycles. The Balaban J connectivity index is 1.58. The Morgan fingerprint density at radius 1 is 1.16 bits per heavy atom. The van der Waals surface area contributed by atoms with Crippen molar-refractivity contribution < 1.29 is 4.79 Å². The fourth-order valence-electron chi connectivity index (χ4n) is 2.91. The number of hydrogen-bond acceptors (Lipinski definition) is 5. The first-order chi connectivity index (χ1) is 15.0. The number of rotatable bonds is 6. The molecule has 2 heterocycles. The van der Waals surface area contributed by atoms with Crippen LogP contribution in [0.5, 0.6) is 0 Å².